The third-order valence-corrected chi connectivity index (χ3v) is 4.14. The van der Waals surface area contributed by atoms with E-state index in [9.17, 15) is 14.7 Å². The lowest BCUT2D eigenvalue weighted by molar-refractivity contribution is 0.303. The molecule has 1 aromatic heterocycles. The summed E-state index contributed by atoms with van der Waals surface area (Å²) in [4.78, 5) is 28.8. The Labute approximate surface area is 151 Å². The number of nitrogens with zero attached hydrogens (tertiary/aromatic N) is 3. The van der Waals surface area contributed by atoms with Gasteiger partial charge in [-0.25, -0.2) is 9.36 Å². The minimum Gasteiger partial charge on any atom is -0.493 e. The van der Waals surface area contributed by atoms with E-state index in [1.807, 2.05) is 0 Å². The van der Waals surface area contributed by atoms with Crippen LogP contribution in [0, 0.1) is 0 Å². The third kappa shape index (κ3) is 4.40. The van der Waals surface area contributed by atoms with Gasteiger partial charge >= 0.3 is 5.69 Å². The van der Waals surface area contributed by atoms with Crippen LogP contribution in [0.1, 0.15) is 26.3 Å². The van der Waals surface area contributed by atoms with Crippen molar-refractivity contribution in [3.8, 4) is 11.6 Å². The second kappa shape index (κ2) is 9.00. The number of hydrogen-bond acceptors (Lipinski definition) is 6. The van der Waals surface area contributed by atoms with Crippen LogP contribution in [0.2, 0.25) is 0 Å². The molecule has 0 spiro atoms. The van der Waals surface area contributed by atoms with Gasteiger partial charge in [-0.2, -0.15) is 5.10 Å². The molecule has 2 aromatic rings. The average molecular weight is 359 g/mol. The second-order valence-corrected chi connectivity index (χ2v) is 5.76. The fourth-order valence-corrected chi connectivity index (χ4v) is 2.65. The number of H-pyrrole nitrogens is 1. The van der Waals surface area contributed by atoms with Crippen LogP contribution >= 0.6 is 0 Å². The summed E-state index contributed by atoms with van der Waals surface area (Å²) in [6.45, 7) is 9.09. The Morgan fingerprint density at radius 2 is 1.88 bits per heavy atom. The molecule has 140 valence electrons. The standard InChI is InChI=1S/C18H25N5O3/c1-4-22(5-2)12-11-19-21-13(3)15-16(24)20-18(26)23(17(15)25)14-9-7-6-8-10-14/h6-10,19,25H,4-5,11-12H2,1-3H3,(H,20,24,26). The summed E-state index contributed by atoms with van der Waals surface area (Å²) >= 11 is 0. The Morgan fingerprint density at radius 1 is 1.23 bits per heavy atom. The van der Waals surface area contributed by atoms with Crippen LogP contribution in [-0.2, 0) is 0 Å². The summed E-state index contributed by atoms with van der Waals surface area (Å²) in [5, 5.41) is 14.7. The first-order chi connectivity index (χ1) is 12.5. The summed E-state index contributed by atoms with van der Waals surface area (Å²) in [5.41, 5.74) is 2.24. The van der Waals surface area contributed by atoms with E-state index in [2.05, 4.69) is 34.3 Å². The fraction of sp³-hybridized carbons (Fsp3) is 0.389. The van der Waals surface area contributed by atoms with E-state index in [4.69, 9.17) is 0 Å². The number of aromatic hydroxyl groups is 1. The molecule has 0 saturated carbocycles. The zero-order chi connectivity index (χ0) is 19.1. The maximum absolute atomic E-state index is 12.2. The van der Waals surface area contributed by atoms with Crippen molar-refractivity contribution in [3.05, 3.63) is 56.7 Å². The van der Waals surface area contributed by atoms with Crippen LogP contribution in [0.25, 0.3) is 5.69 Å². The van der Waals surface area contributed by atoms with Crippen LogP contribution in [0.4, 0.5) is 0 Å². The number of hydrogen-bond donors (Lipinski definition) is 3. The van der Waals surface area contributed by atoms with Crippen molar-refractivity contribution in [3.63, 3.8) is 0 Å². The molecule has 26 heavy (non-hydrogen) atoms. The van der Waals surface area contributed by atoms with Gasteiger partial charge in [-0.05, 0) is 32.1 Å². The Hall–Kier alpha value is -2.87. The van der Waals surface area contributed by atoms with Gasteiger partial charge in [0.2, 0.25) is 5.88 Å². The van der Waals surface area contributed by atoms with Crippen LogP contribution in [0.3, 0.4) is 0 Å². The van der Waals surface area contributed by atoms with Crippen LogP contribution in [0.5, 0.6) is 5.88 Å². The molecule has 3 N–H and O–H groups in total. The topological polar surface area (TPSA) is 103 Å². The zero-order valence-corrected chi connectivity index (χ0v) is 15.3. The van der Waals surface area contributed by atoms with Crippen LogP contribution in [-0.4, -0.2) is 51.4 Å². The van der Waals surface area contributed by atoms with E-state index in [1.165, 1.54) is 0 Å². The highest BCUT2D eigenvalue weighted by Crippen LogP contribution is 2.16. The second-order valence-electron chi connectivity index (χ2n) is 5.76. The Morgan fingerprint density at radius 3 is 2.50 bits per heavy atom. The van der Waals surface area contributed by atoms with Gasteiger partial charge in [-0.3, -0.25) is 9.78 Å². The highest BCUT2D eigenvalue weighted by atomic mass is 16.3. The number of benzene rings is 1. The molecule has 0 aliphatic carbocycles. The molecule has 0 amide bonds. The van der Waals surface area contributed by atoms with Crippen molar-refractivity contribution in [1.82, 2.24) is 19.9 Å². The van der Waals surface area contributed by atoms with E-state index in [0.29, 0.717) is 17.9 Å². The van der Waals surface area contributed by atoms with Crippen molar-refractivity contribution in [2.75, 3.05) is 26.2 Å². The summed E-state index contributed by atoms with van der Waals surface area (Å²) < 4.78 is 1.05. The quantitative estimate of drug-likeness (QED) is 0.369. The summed E-state index contributed by atoms with van der Waals surface area (Å²) in [6, 6.07) is 8.60. The average Bonchev–Trinajstić information content (AvgIpc) is 2.62. The van der Waals surface area contributed by atoms with Gasteiger partial charge in [0.25, 0.3) is 5.56 Å². The van der Waals surface area contributed by atoms with Crippen molar-refractivity contribution in [1.29, 1.82) is 0 Å². The molecular weight excluding hydrogens is 334 g/mol. The molecule has 1 heterocycles. The highest BCUT2D eigenvalue weighted by molar-refractivity contribution is 6.00. The molecule has 0 radical (unpaired) electrons. The normalized spacial score (nSPS) is 11.8. The molecule has 2 rings (SSSR count). The van der Waals surface area contributed by atoms with E-state index in [0.717, 1.165) is 24.2 Å². The first-order valence-corrected chi connectivity index (χ1v) is 8.63. The predicted octanol–water partition coefficient (Wildman–Crippen LogP) is 0.887. The van der Waals surface area contributed by atoms with Gasteiger partial charge < -0.3 is 15.4 Å². The number of aromatic amines is 1. The van der Waals surface area contributed by atoms with Crippen molar-refractivity contribution >= 4 is 5.71 Å². The van der Waals surface area contributed by atoms with Crippen molar-refractivity contribution < 1.29 is 5.11 Å². The molecule has 0 fully saturated rings. The molecule has 0 bridgehead atoms. The Kier molecular flexibility index (Phi) is 6.74. The van der Waals surface area contributed by atoms with Crippen LogP contribution in [0.15, 0.2) is 45.0 Å². The van der Waals surface area contributed by atoms with Gasteiger partial charge in [0, 0.05) is 13.1 Å². The molecule has 1 aromatic carbocycles. The van der Waals surface area contributed by atoms with Gasteiger partial charge in [-0.15, -0.1) is 0 Å². The minimum absolute atomic E-state index is 0.0382. The minimum atomic E-state index is -0.704. The molecule has 8 heteroatoms. The lowest BCUT2D eigenvalue weighted by Gasteiger charge is -2.17. The monoisotopic (exact) mass is 359 g/mol. The van der Waals surface area contributed by atoms with Gasteiger partial charge in [-0.1, -0.05) is 32.0 Å². The molecular formula is C18H25N5O3. The number of para-hydroxylation sites is 1. The molecule has 0 atom stereocenters. The summed E-state index contributed by atoms with van der Waals surface area (Å²) in [7, 11) is 0. The van der Waals surface area contributed by atoms with Crippen molar-refractivity contribution in [2.24, 2.45) is 5.10 Å². The highest BCUT2D eigenvalue weighted by Gasteiger charge is 2.17. The van der Waals surface area contributed by atoms with Crippen molar-refractivity contribution in [2.45, 2.75) is 20.8 Å². The molecule has 8 nitrogen and oxygen atoms in total. The summed E-state index contributed by atoms with van der Waals surface area (Å²) in [5.74, 6) is -0.434. The Bertz CT molecular complexity index is 867. The SMILES string of the molecule is CCN(CC)CCNN=C(C)c1c(O)n(-c2ccccc2)c(=O)[nH]c1=O. The Balaban J connectivity index is 2.30. The van der Waals surface area contributed by atoms with Gasteiger partial charge in [0.15, 0.2) is 0 Å². The largest absolute Gasteiger partial charge is 0.493 e. The van der Waals surface area contributed by atoms with Crippen LogP contribution < -0.4 is 16.7 Å². The maximum atomic E-state index is 12.2. The van der Waals surface area contributed by atoms with Gasteiger partial charge in [0.1, 0.15) is 5.56 Å². The summed E-state index contributed by atoms with van der Waals surface area (Å²) in [6.07, 6.45) is 0. The lowest BCUT2D eigenvalue weighted by atomic mass is 10.2. The zero-order valence-electron chi connectivity index (χ0n) is 15.3. The van der Waals surface area contributed by atoms with E-state index < -0.39 is 17.1 Å². The fourth-order valence-electron chi connectivity index (χ4n) is 2.65. The van der Waals surface area contributed by atoms with E-state index in [1.54, 1.807) is 37.3 Å². The first-order valence-electron chi connectivity index (χ1n) is 8.63. The van der Waals surface area contributed by atoms with E-state index in [-0.39, 0.29) is 5.56 Å². The number of aromatic nitrogens is 2. The van der Waals surface area contributed by atoms with Gasteiger partial charge in [0.05, 0.1) is 11.4 Å². The maximum Gasteiger partial charge on any atom is 0.335 e. The van der Waals surface area contributed by atoms with E-state index >= 15 is 0 Å². The predicted molar refractivity (Wildman–Crippen MR) is 102 cm³/mol. The number of likely N-dealkylation sites (N-methyl/N-ethyl adjacent to an activating group) is 1. The molecule has 0 saturated heterocycles. The number of nitrogens with one attached hydrogen (secondary N) is 2. The third-order valence-electron chi connectivity index (χ3n) is 4.14. The molecule has 0 aliphatic heterocycles. The number of hydrazone groups is 1. The first kappa shape index (κ1) is 19.5. The molecule has 0 aliphatic rings. The lowest BCUT2D eigenvalue weighted by Crippen LogP contribution is -2.33. The smallest absolute Gasteiger partial charge is 0.335 e. The number of rotatable bonds is 8. The molecule has 0 unspecified atom stereocenters.